The number of unbranched alkanes of at least 4 members (excludes halogenated alkanes) is 1. The molecule has 0 rings (SSSR count). The van der Waals surface area contributed by atoms with E-state index in [0.717, 1.165) is 19.3 Å². The van der Waals surface area contributed by atoms with Crippen LogP contribution in [-0.2, 0) is 0 Å². The lowest BCUT2D eigenvalue weighted by Gasteiger charge is -2.11. The van der Waals surface area contributed by atoms with Crippen LogP contribution in [-0.4, -0.2) is 16.5 Å². The van der Waals surface area contributed by atoms with E-state index in [1.165, 1.54) is 6.21 Å². The zero-order valence-corrected chi connectivity index (χ0v) is 8.62. The fraction of sp³-hybridized carbons (Fsp3) is 0.700. The smallest absolute Gasteiger partial charge is 0.0996 e. The van der Waals surface area contributed by atoms with Gasteiger partial charge in [0.25, 0.3) is 0 Å². The molecule has 1 atom stereocenters. The fourth-order valence-electron chi connectivity index (χ4n) is 1.19. The second-order valence-corrected chi connectivity index (χ2v) is 3.36. The maximum absolute atomic E-state index is 9.62. The molecule has 0 heterocycles. The molecule has 0 spiro atoms. The van der Waals surface area contributed by atoms with Crippen molar-refractivity contribution < 1.29 is 10.3 Å². The van der Waals surface area contributed by atoms with Crippen molar-refractivity contribution >= 4 is 6.21 Å². The van der Waals surface area contributed by atoms with E-state index in [9.17, 15) is 5.11 Å². The number of oxime groups is 1. The van der Waals surface area contributed by atoms with Crippen LogP contribution in [0.1, 0.15) is 40.0 Å². The molecule has 13 heavy (non-hydrogen) atoms. The van der Waals surface area contributed by atoms with E-state index in [1.54, 1.807) is 6.92 Å². The first-order valence-corrected chi connectivity index (χ1v) is 4.70. The average molecular weight is 185 g/mol. The van der Waals surface area contributed by atoms with E-state index in [2.05, 4.69) is 12.1 Å². The third-order valence-electron chi connectivity index (χ3n) is 2.11. The summed E-state index contributed by atoms with van der Waals surface area (Å²) in [6, 6.07) is 0. The first kappa shape index (κ1) is 12.0. The fourth-order valence-corrected chi connectivity index (χ4v) is 1.19. The van der Waals surface area contributed by atoms with Gasteiger partial charge in [0, 0.05) is 11.5 Å². The maximum Gasteiger partial charge on any atom is 0.0996 e. The lowest BCUT2D eigenvalue weighted by molar-refractivity contribution is 0.315. The summed E-state index contributed by atoms with van der Waals surface area (Å²) in [6.07, 6.45) is 4.47. The van der Waals surface area contributed by atoms with Crippen LogP contribution in [0, 0.1) is 5.92 Å². The molecule has 3 nitrogen and oxygen atoms in total. The second-order valence-electron chi connectivity index (χ2n) is 3.36. The van der Waals surface area contributed by atoms with E-state index in [1.807, 2.05) is 6.92 Å². The van der Waals surface area contributed by atoms with Crippen LogP contribution in [0.4, 0.5) is 0 Å². The second kappa shape index (κ2) is 6.52. The van der Waals surface area contributed by atoms with Gasteiger partial charge in [-0.05, 0) is 13.3 Å². The highest BCUT2D eigenvalue weighted by atomic mass is 16.4. The lowest BCUT2D eigenvalue weighted by atomic mass is 9.99. The van der Waals surface area contributed by atoms with Gasteiger partial charge < -0.3 is 10.3 Å². The van der Waals surface area contributed by atoms with Gasteiger partial charge in [-0.15, -0.1) is 0 Å². The van der Waals surface area contributed by atoms with Crippen LogP contribution in [0.5, 0.6) is 0 Å². The topological polar surface area (TPSA) is 52.8 Å². The summed E-state index contributed by atoms with van der Waals surface area (Å²) in [4.78, 5) is 0. The Morgan fingerprint density at radius 1 is 1.54 bits per heavy atom. The quantitative estimate of drug-likeness (QED) is 0.299. The molecule has 0 saturated heterocycles. The van der Waals surface area contributed by atoms with Crippen LogP contribution >= 0.6 is 0 Å². The Morgan fingerprint density at radius 2 is 2.15 bits per heavy atom. The summed E-state index contributed by atoms with van der Waals surface area (Å²) in [5, 5.41) is 20.8. The largest absolute Gasteiger partial charge is 0.512 e. The van der Waals surface area contributed by atoms with Crippen LogP contribution < -0.4 is 0 Å². The van der Waals surface area contributed by atoms with Gasteiger partial charge in [0.15, 0.2) is 0 Å². The Morgan fingerprint density at radius 3 is 2.62 bits per heavy atom. The van der Waals surface area contributed by atoms with E-state index in [4.69, 9.17) is 5.21 Å². The van der Waals surface area contributed by atoms with Crippen LogP contribution in [0.2, 0.25) is 0 Å². The Balaban J connectivity index is 4.21. The van der Waals surface area contributed by atoms with Crippen molar-refractivity contribution in [2.75, 3.05) is 0 Å². The molecular weight excluding hydrogens is 166 g/mol. The summed E-state index contributed by atoms with van der Waals surface area (Å²) < 4.78 is 0. The number of nitrogens with zero attached hydrogens (tertiary/aromatic N) is 1. The predicted octanol–water partition coefficient (Wildman–Crippen LogP) is 3.10. The highest BCUT2D eigenvalue weighted by Gasteiger charge is 2.08. The van der Waals surface area contributed by atoms with Gasteiger partial charge in [-0.2, -0.15) is 0 Å². The maximum atomic E-state index is 9.62. The zero-order valence-electron chi connectivity index (χ0n) is 8.62. The van der Waals surface area contributed by atoms with E-state index in [0.29, 0.717) is 11.3 Å². The first-order valence-electron chi connectivity index (χ1n) is 4.70. The lowest BCUT2D eigenvalue weighted by Crippen LogP contribution is -2.02. The van der Waals surface area contributed by atoms with Gasteiger partial charge >= 0.3 is 0 Å². The average Bonchev–Trinajstić information content (AvgIpc) is 2.13. The summed E-state index contributed by atoms with van der Waals surface area (Å²) in [6.45, 7) is 5.83. The summed E-state index contributed by atoms with van der Waals surface area (Å²) >= 11 is 0. The Bertz CT molecular complexity index is 197. The Labute approximate surface area is 79.8 Å². The summed E-state index contributed by atoms with van der Waals surface area (Å²) in [5.41, 5.74) is 0.631. The molecule has 0 aliphatic heterocycles. The molecule has 76 valence electrons. The summed E-state index contributed by atoms with van der Waals surface area (Å²) in [7, 11) is 0. The van der Waals surface area contributed by atoms with Crippen LogP contribution in [0.25, 0.3) is 0 Å². The van der Waals surface area contributed by atoms with Crippen molar-refractivity contribution in [3.05, 3.63) is 11.3 Å². The Hall–Kier alpha value is -0.990. The molecule has 0 radical (unpaired) electrons. The SMILES string of the molecule is CCCCC(C)C(O)=C(C)C=NO. The number of aliphatic hydroxyl groups is 1. The normalized spacial score (nSPS) is 15.9. The minimum absolute atomic E-state index is 0.151. The van der Waals surface area contributed by atoms with Crippen molar-refractivity contribution in [3.8, 4) is 0 Å². The molecule has 0 bridgehead atoms. The van der Waals surface area contributed by atoms with Crippen molar-refractivity contribution in [2.24, 2.45) is 11.1 Å². The van der Waals surface area contributed by atoms with Crippen molar-refractivity contribution in [3.63, 3.8) is 0 Å². The standard InChI is InChI=1S/C10H19NO2/c1-4-5-6-8(2)10(12)9(3)7-11-13/h7-8,12-13H,4-6H2,1-3H3. The van der Waals surface area contributed by atoms with Gasteiger partial charge in [-0.3, -0.25) is 0 Å². The third kappa shape index (κ3) is 4.55. The molecule has 0 fully saturated rings. The van der Waals surface area contributed by atoms with E-state index < -0.39 is 0 Å². The number of rotatable bonds is 5. The van der Waals surface area contributed by atoms with Gasteiger partial charge in [-0.1, -0.05) is 31.8 Å². The minimum Gasteiger partial charge on any atom is -0.512 e. The molecule has 3 heteroatoms. The molecule has 0 aliphatic rings. The molecule has 0 aliphatic carbocycles. The molecule has 0 aromatic carbocycles. The van der Waals surface area contributed by atoms with Gasteiger partial charge in [-0.25, -0.2) is 0 Å². The minimum atomic E-state index is 0.151. The molecule has 0 aromatic heterocycles. The third-order valence-corrected chi connectivity index (χ3v) is 2.11. The molecule has 2 N–H and O–H groups in total. The van der Waals surface area contributed by atoms with Crippen LogP contribution in [0.3, 0.4) is 0 Å². The highest BCUT2D eigenvalue weighted by Crippen LogP contribution is 2.17. The zero-order chi connectivity index (χ0) is 10.3. The van der Waals surface area contributed by atoms with Crippen LogP contribution in [0.15, 0.2) is 16.5 Å². The van der Waals surface area contributed by atoms with E-state index in [-0.39, 0.29) is 5.92 Å². The van der Waals surface area contributed by atoms with Gasteiger partial charge in [0.05, 0.1) is 12.0 Å². The van der Waals surface area contributed by atoms with Gasteiger partial charge in [0.1, 0.15) is 0 Å². The molecular formula is C10H19NO2. The number of aliphatic hydroxyl groups excluding tert-OH is 1. The molecule has 0 saturated carbocycles. The number of hydrogen-bond acceptors (Lipinski definition) is 3. The molecule has 1 unspecified atom stereocenters. The van der Waals surface area contributed by atoms with Gasteiger partial charge in [0.2, 0.25) is 0 Å². The molecule has 0 aromatic rings. The Kier molecular flexibility index (Phi) is 6.02. The van der Waals surface area contributed by atoms with E-state index >= 15 is 0 Å². The van der Waals surface area contributed by atoms with Crippen molar-refractivity contribution in [1.82, 2.24) is 0 Å². The summed E-state index contributed by atoms with van der Waals surface area (Å²) in [5.74, 6) is 0.476. The predicted molar refractivity (Wildman–Crippen MR) is 54.3 cm³/mol. The molecule has 0 amide bonds. The van der Waals surface area contributed by atoms with Crippen molar-refractivity contribution in [2.45, 2.75) is 40.0 Å². The number of hydrogen-bond donors (Lipinski definition) is 2. The first-order chi connectivity index (χ1) is 6.13. The monoisotopic (exact) mass is 185 g/mol. The number of allylic oxidation sites excluding steroid dienone is 2. The highest BCUT2D eigenvalue weighted by molar-refractivity contribution is 5.77. The van der Waals surface area contributed by atoms with Crippen molar-refractivity contribution in [1.29, 1.82) is 0 Å².